The highest BCUT2D eigenvalue weighted by Gasteiger charge is 2.61. The molecule has 3 nitrogen and oxygen atoms in total. The van der Waals surface area contributed by atoms with Gasteiger partial charge in [0.25, 0.3) is 0 Å². The zero-order valence-corrected chi connectivity index (χ0v) is 14.2. The molecule has 0 amide bonds. The van der Waals surface area contributed by atoms with E-state index >= 15 is 0 Å². The molecule has 4 rings (SSSR count). The molecule has 0 aromatic rings. The summed E-state index contributed by atoms with van der Waals surface area (Å²) in [6.07, 6.45) is 8.77. The van der Waals surface area contributed by atoms with E-state index in [4.69, 9.17) is 5.73 Å². The van der Waals surface area contributed by atoms with E-state index in [1.807, 2.05) is 0 Å². The third-order valence-corrected chi connectivity index (χ3v) is 8.75. The summed E-state index contributed by atoms with van der Waals surface area (Å²) in [5.41, 5.74) is 6.96. The summed E-state index contributed by atoms with van der Waals surface area (Å²) in [5, 5.41) is 20.4. The monoisotopic (exact) mass is 307 g/mol. The predicted molar refractivity (Wildman–Crippen MR) is 87.1 cm³/mol. The average Bonchev–Trinajstić information content (AvgIpc) is 2.72. The molecule has 4 fully saturated rings. The Hall–Kier alpha value is -0.120. The van der Waals surface area contributed by atoms with Gasteiger partial charge >= 0.3 is 0 Å². The standard InChI is InChI=1S/C19H33NO2/c1-18-7-5-12(21)9-11(18)3-4-13-14(18)6-8-19(2)15(13)10-16(22)17(19)20/h11-17,21-22H,3-10,20H2,1-2H3/t11?,12?,13-,14-,15+,16?,17?,18+,19+/m1/s1. The molecule has 0 radical (unpaired) electrons. The number of hydrogen-bond donors (Lipinski definition) is 3. The van der Waals surface area contributed by atoms with Crippen molar-refractivity contribution in [2.24, 2.45) is 40.2 Å². The van der Waals surface area contributed by atoms with Crippen LogP contribution in [-0.4, -0.2) is 28.5 Å². The molecule has 22 heavy (non-hydrogen) atoms. The van der Waals surface area contributed by atoms with Gasteiger partial charge in [-0.05, 0) is 85.9 Å². The molecule has 126 valence electrons. The highest BCUT2D eigenvalue weighted by molar-refractivity contribution is 5.12. The maximum atomic E-state index is 10.4. The van der Waals surface area contributed by atoms with E-state index in [1.165, 1.54) is 32.1 Å². The number of fused-ring (bicyclic) bond motifs is 5. The first-order chi connectivity index (χ1) is 10.4. The van der Waals surface area contributed by atoms with Crippen LogP contribution in [0.2, 0.25) is 0 Å². The summed E-state index contributed by atoms with van der Waals surface area (Å²) in [6, 6.07) is -0.0304. The van der Waals surface area contributed by atoms with E-state index in [9.17, 15) is 10.2 Å². The molecule has 0 saturated heterocycles. The van der Waals surface area contributed by atoms with Gasteiger partial charge in [-0.1, -0.05) is 13.8 Å². The SMILES string of the molecule is C[C@]12CCC(O)CC1CC[C@@H]1[C@H]2CC[C@]2(C)C(N)C(O)C[C@@H]12. The van der Waals surface area contributed by atoms with Crippen LogP contribution in [-0.2, 0) is 0 Å². The van der Waals surface area contributed by atoms with Crippen LogP contribution in [0, 0.1) is 34.5 Å². The van der Waals surface area contributed by atoms with Crippen LogP contribution in [0.3, 0.4) is 0 Å². The van der Waals surface area contributed by atoms with E-state index < -0.39 is 0 Å². The van der Waals surface area contributed by atoms with Gasteiger partial charge in [0.05, 0.1) is 12.2 Å². The molecule has 4 aliphatic carbocycles. The highest BCUT2D eigenvalue weighted by Crippen LogP contribution is 2.65. The van der Waals surface area contributed by atoms with E-state index in [-0.39, 0.29) is 23.7 Å². The Kier molecular flexibility index (Phi) is 3.46. The van der Waals surface area contributed by atoms with Gasteiger partial charge in [-0.3, -0.25) is 0 Å². The summed E-state index contributed by atoms with van der Waals surface area (Å²) >= 11 is 0. The summed E-state index contributed by atoms with van der Waals surface area (Å²) < 4.78 is 0. The molecule has 4 unspecified atom stereocenters. The van der Waals surface area contributed by atoms with Crippen molar-refractivity contribution in [3.63, 3.8) is 0 Å². The summed E-state index contributed by atoms with van der Waals surface area (Å²) in [5.74, 6) is 2.86. The normalized spacial score (nSPS) is 61.2. The fraction of sp³-hybridized carbons (Fsp3) is 1.00. The van der Waals surface area contributed by atoms with Crippen LogP contribution < -0.4 is 5.73 Å². The first kappa shape index (κ1) is 15.4. The van der Waals surface area contributed by atoms with Gasteiger partial charge < -0.3 is 15.9 Å². The maximum Gasteiger partial charge on any atom is 0.0699 e. The summed E-state index contributed by atoms with van der Waals surface area (Å²) in [7, 11) is 0. The van der Waals surface area contributed by atoms with E-state index in [0.29, 0.717) is 17.3 Å². The third-order valence-electron chi connectivity index (χ3n) is 8.75. The second-order valence-corrected chi connectivity index (χ2v) is 9.46. The van der Waals surface area contributed by atoms with E-state index in [2.05, 4.69) is 13.8 Å². The molecule has 4 N–H and O–H groups in total. The Bertz CT molecular complexity index is 455. The number of aliphatic hydroxyl groups excluding tert-OH is 2. The Labute approximate surface area is 134 Å². The number of rotatable bonds is 0. The Morgan fingerprint density at radius 3 is 2.36 bits per heavy atom. The zero-order valence-electron chi connectivity index (χ0n) is 14.2. The molecular formula is C19H33NO2. The van der Waals surface area contributed by atoms with Gasteiger partial charge in [-0.2, -0.15) is 0 Å². The molecule has 0 heterocycles. The minimum absolute atomic E-state index is 0.0304. The van der Waals surface area contributed by atoms with Crippen molar-refractivity contribution in [2.75, 3.05) is 0 Å². The lowest BCUT2D eigenvalue weighted by atomic mass is 9.45. The molecule has 0 aliphatic heterocycles. The smallest absolute Gasteiger partial charge is 0.0699 e. The van der Waals surface area contributed by atoms with Crippen molar-refractivity contribution in [2.45, 2.75) is 83.5 Å². The van der Waals surface area contributed by atoms with Crippen molar-refractivity contribution in [3.8, 4) is 0 Å². The number of nitrogens with two attached hydrogens (primary N) is 1. The van der Waals surface area contributed by atoms with Crippen LogP contribution in [0.15, 0.2) is 0 Å². The molecule has 0 spiro atoms. The van der Waals surface area contributed by atoms with Gasteiger partial charge in [0.2, 0.25) is 0 Å². The Balaban J connectivity index is 1.63. The van der Waals surface area contributed by atoms with Crippen molar-refractivity contribution < 1.29 is 10.2 Å². The van der Waals surface area contributed by atoms with Crippen LogP contribution in [0.25, 0.3) is 0 Å². The van der Waals surface area contributed by atoms with E-state index in [0.717, 1.165) is 31.1 Å². The number of aliphatic hydroxyl groups is 2. The van der Waals surface area contributed by atoms with Crippen LogP contribution in [0.1, 0.15) is 65.2 Å². The zero-order chi connectivity index (χ0) is 15.7. The Morgan fingerprint density at radius 2 is 1.59 bits per heavy atom. The second-order valence-electron chi connectivity index (χ2n) is 9.46. The highest BCUT2D eigenvalue weighted by atomic mass is 16.3. The molecule has 3 heteroatoms. The lowest BCUT2D eigenvalue weighted by Gasteiger charge is -2.60. The fourth-order valence-electron chi connectivity index (χ4n) is 7.29. The van der Waals surface area contributed by atoms with Gasteiger partial charge in [-0.25, -0.2) is 0 Å². The molecular weight excluding hydrogens is 274 g/mol. The quantitative estimate of drug-likeness (QED) is 0.644. The van der Waals surface area contributed by atoms with Crippen molar-refractivity contribution in [3.05, 3.63) is 0 Å². The lowest BCUT2D eigenvalue weighted by Crippen LogP contribution is -2.55. The van der Waals surface area contributed by atoms with Gasteiger partial charge in [0.15, 0.2) is 0 Å². The largest absolute Gasteiger partial charge is 0.393 e. The topological polar surface area (TPSA) is 66.5 Å². The third kappa shape index (κ3) is 1.91. The molecule has 0 aromatic carbocycles. The maximum absolute atomic E-state index is 10.4. The van der Waals surface area contributed by atoms with Gasteiger partial charge in [0, 0.05) is 6.04 Å². The molecule has 0 aromatic heterocycles. The summed E-state index contributed by atoms with van der Waals surface area (Å²) in [6.45, 7) is 4.85. The molecule has 9 atom stereocenters. The van der Waals surface area contributed by atoms with Gasteiger partial charge in [0.1, 0.15) is 0 Å². The predicted octanol–water partition coefficient (Wildman–Crippen LogP) is 2.69. The van der Waals surface area contributed by atoms with Crippen LogP contribution in [0.4, 0.5) is 0 Å². The number of hydrogen-bond acceptors (Lipinski definition) is 3. The first-order valence-corrected chi connectivity index (χ1v) is 9.48. The van der Waals surface area contributed by atoms with Crippen molar-refractivity contribution >= 4 is 0 Å². The summed E-state index contributed by atoms with van der Waals surface area (Å²) in [4.78, 5) is 0. The molecule has 4 aliphatic rings. The fourth-order valence-corrected chi connectivity index (χ4v) is 7.29. The van der Waals surface area contributed by atoms with Crippen LogP contribution >= 0.6 is 0 Å². The lowest BCUT2D eigenvalue weighted by molar-refractivity contribution is -0.122. The van der Waals surface area contributed by atoms with Crippen molar-refractivity contribution in [1.82, 2.24) is 0 Å². The second kappa shape index (κ2) is 4.94. The minimum Gasteiger partial charge on any atom is -0.393 e. The minimum atomic E-state index is -0.299. The Morgan fingerprint density at radius 1 is 0.864 bits per heavy atom. The van der Waals surface area contributed by atoms with E-state index in [1.54, 1.807) is 0 Å². The van der Waals surface area contributed by atoms with Crippen molar-refractivity contribution in [1.29, 1.82) is 0 Å². The van der Waals surface area contributed by atoms with Gasteiger partial charge in [-0.15, -0.1) is 0 Å². The molecule has 4 saturated carbocycles. The van der Waals surface area contributed by atoms with Crippen LogP contribution in [0.5, 0.6) is 0 Å². The average molecular weight is 307 g/mol. The molecule has 0 bridgehead atoms. The first-order valence-electron chi connectivity index (χ1n) is 9.48.